The van der Waals surface area contributed by atoms with Crippen LogP contribution >= 0.6 is 0 Å². The summed E-state index contributed by atoms with van der Waals surface area (Å²) in [5.74, 6) is -0.393. The van der Waals surface area contributed by atoms with Gasteiger partial charge < -0.3 is 10.6 Å². The molecule has 0 spiro atoms. The van der Waals surface area contributed by atoms with Crippen LogP contribution < -0.4 is 10.6 Å². The third kappa shape index (κ3) is 4.73. The third-order valence-corrected chi connectivity index (χ3v) is 3.34. The fourth-order valence-electron chi connectivity index (χ4n) is 2.01. The molecule has 0 bridgehead atoms. The molecule has 0 aliphatic heterocycles. The second-order valence-corrected chi connectivity index (χ2v) is 4.90. The number of rotatable bonds is 8. The second kappa shape index (κ2) is 8.24. The lowest BCUT2D eigenvalue weighted by Gasteiger charge is -2.15. The normalized spacial score (nSPS) is 10.5. The first-order valence-corrected chi connectivity index (χ1v) is 7.36. The van der Waals surface area contributed by atoms with Gasteiger partial charge in [-0.3, -0.25) is 14.9 Å². The van der Waals surface area contributed by atoms with E-state index in [4.69, 9.17) is 0 Å². The number of amides is 1. The summed E-state index contributed by atoms with van der Waals surface area (Å²) in [6.07, 6.45) is 2.53. The standard InChI is InChI=1S/C15H23N3O3/c1-4-9-16-12-7-8-14(18(20)21)13(10-12)15(19)17-11(5-2)6-3/h7-8,10-11,16H,4-6,9H2,1-3H3,(H,17,19). The Kier molecular flexibility index (Phi) is 6.65. The number of nitro groups is 1. The molecule has 0 saturated heterocycles. The van der Waals surface area contributed by atoms with Crippen LogP contribution in [0.5, 0.6) is 0 Å². The molecule has 0 heterocycles. The molecule has 6 heteroatoms. The van der Waals surface area contributed by atoms with Gasteiger partial charge in [-0.05, 0) is 31.4 Å². The number of benzene rings is 1. The van der Waals surface area contributed by atoms with Crippen molar-refractivity contribution in [1.29, 1.82) is 0 Å². The number of hydrogen-bond acceptors (Lipinski definition) is 4. The van der Waals surface area contributed by atoms with Crippen molar-refractivity contribution in [2.45, 2.75) is 46.1 Å². The van der Waals surface area contributed by atoms with E-state index < -0.39 is 10.8 Å². The fourth-order valence-corrected chi connectivity index (χ4v) is 2.01. The first kappa shape index (κ1) is 16.9. The van der Waals surface area contributed by atoms with Crippen molar-refractivity contribution >= 4 is 17.3 Å². The highest BCUT2D eigenvalue weighted by Crippen LogP contribution is 2.23. The summed E-state index contributed by atoms with van der Waals surface area (Å²) < 4.78 is 0. The van der Waals surface area contributed by atoms with Gasteiger partial charge in [-0.25, -0.2) is 0 Å². The van der Waals surface area contributed by atoms with Gasteiger partial charge in [-0.2, -0.15) is 0 Å². The van der Waals surface area contributed by atoms with E-state index in [1.165, 1.54) is 6.07 Å². The van der Waals surface area contributed by atoms with Crippen LogP contribution in [0.4, 0.5) is 11.4 Å². The molecule has 1 aromatic carbocycles. The maximum absolute atomic E-state index is 12.3. The van der Waals surface area contributed by atoms with E-state index in [-0.39, 0.29) is 17.3 Å². The Morgan fingerprint density at radius 3 is 2.48 bits per heavy atom. The smallest absolute Gasteiger partial charge is 0.282 e. The predicted octanol–water partition coefficient (Wildman–Crippen LogP) is 3.34. The fraction of sp³-hybridized carbons (Fsp3) is 0.533. The largest absolute Gasteiger partial charge is 0.385 e. The van der Waals surface area contributed by atoms with Gasteiger partial charge in [0.25, 0.3) is 11.6 Å². The molecule has 0 aliphatic carbocycles. The summed E-state index contributed by atoms with van der Waals surface area (Å²) in [7, 11) is 0. The lowest BCUT2D eigenvalue weighted by atomic mass is 10.1. The zero-order valence-electron chi connectivity index (χ0n) is 12.8. The van der Waals surface area contributed by atoms with Crippen molar-refractivity contribution in [2.24, 2.45) is 0 Å². The highest BCUT2D eigenvalue weighted by atomic mass is 16.6. The van der Waals surface area contributed by atoms with E-state index in [1.807, 2.05) is 20.8 Å². The lowest BCUT2D eigenvalue weighted by molar-refractivity contribution is -0.385. The van der Waals surface area contributed by atoms with Crippen LogP contribution in [-0.4, -0.2) is 23.4 Å². The molecule has 21 heavy (non-hydrogen) atoms. The number of nitrogens with zero attached hydrogens (tertiary/aromatic N) is 1. The minimum Gasteiger partial charge on any atom is -0.385 e. The minimum atomic E-state index is -0.522. The molecule has 116 valence electrons. The molecule has 1 aromatic rings. The number of hydrogen-bond donors (Lipinski definition) is 2. The monoisotopic (exact) mass is 293 g/mol. The van der Waals surface area contributed by atoms with Crippen LogP contribution in [0.3, 0.4) is 0 Å². The number of anilines is 1. The molecule has 0 atom stereocenters. The third-order valence-electron chi connectivity index (χ3n) is 3.34. The van der Waals surface area contributed by atoms with Crippen LogP contribution in [0.1, 0.15) is 50.4 Å². The van der Waals surface area contributed by atoms with E-state index in [9.17, 15) is 14.9 Å². The predicted molar refractivity (Wildman–Crippen MR) is 83.7 cm³/mol. The van der Waals surface area contributed by atoms with Crippen molar-refractivity contribution < 1.29 is 9.72 Å². The molecule has 0 radical (unpaired) electrons. The maximum Gasteiger partial charge on any atom is 0.282 e. The quantitative estimate of drug-likeness (QED) is 0.568. The molecule has 0 unspecified atom stereocenters. The molecular weight excluding hydrogens is 270 g/mol. The maximum atomic E-state index is 12.3. The number of carbonyl (C=O) groups excluding carboxylic acids is 1. The van der Waals surface area contributed by atoms with Crippen molar-refractivity contribution in [3.05, 3.63) is 33.9 Å². The summed E-state index contributed by atoms with van der Waals surface area (Å²) in [5, 5.41) is 17.1. The van der Waals surface area contributed by atoms with Crippen LogP contribution in [0, 0.1) is 10.1 Å². The van der Waals surface area contributed by atoms with Crippen molar-refractivity contribution in [1.82, 2.24) is 5.32 Å². The van der Waals surface area contributed by atoms with Crippen LogP contribution in [-0.2, 0) is 0 Å². The summed E-state index contributed by atoms with van der Waals surface area (Å²) in [4.78, 5) is 22.8. The van der Waals surface area contributed by atoms with E-state index in [2.05, 4.69) is 10.6 Å². The first-order chi connectivity index (χ1) is 10.0. The minimum absolute atomic E-state index is 0.0318. The summed E-state index contributed by atoms with van der Waals surface area (Å²) in [5.41, 5.74) is 0.658. The van der Waals surface area contributed by atoms with Gasteiger partial charge in [0, 0.05) is 24.3 Å². The molecule has 0 saturated carbocycles. The van der Waals surface area contributed by atoms with Crippen LogP contribution in [0.15, 0.2) is 18.2 Å². The van der Waals surface area contributed by atoms with Crippen LogP contribution in [0.2, 0.25) is 0 Å². The zero-order valence-corrected chi connectivity index (χ0v) is 12.8. The van der Waals surface area contributed by atoms with E-state index in [0.717, 1.165) is 31.5 Å². The molecule has 1 amide bonds. The van der Waals surface area contributed by atoms with Crippen molar-refractivity contribution in [2.75, 3.05) is 11.9 Å². The van der Waals surface area contributed by atoms with Crippen LogP contribution in [0.25, 0.3) is 0 Å². The Balaban J connectivity index is 3.04. The second-order valence-electron chi connectivity index (χ2n) is 4.90. The number of carbonyl (C=O) groups is 1. The average Bonchev–Trinajstić information content (AvgIpc) is 2.49. The first-order valence-electron chi connectivity index (χ1n) is 7.36. The summed E-state index contributed by atoms with van der Waals surface area (Å²) in [6.45, 7) is 6.73. The molecule has 0 fully saturated rings. The van der Waals surface area contributed by atoms with Crippen molar-refractivity contribution in [3.63, 3.8) is 0 Å². The highest BCUT2D eigenvalue weighted by molar-refractivity contribution is 5.99. The molecular formula is C15H23N3O3. The Labute approximate surface area is 125 Å². The SMILES string of the molecule is CCCNc1ccc([N+](=O)[O-])c(C(=O)NC(CC)CC)c1. The zero-order chi connectivity index (χ0) is 15.8. The summed E-state index contributed by atoms with van der Waals surface area (Å²) >= 11 is 0. The molecule has 0 aromatic heterocycles. The van der Waals surface area contributed by atoms with Gasteiger partial charge >= 0.3 is 0 Å². The van der Waals surface area contributed by atoms with Crippen molar-refractivity contribution in [3.8, 4) is 0 Å². The molecule has 2 N–H and O–H groups in total. The topological polar surface area (TPSA) is 84.3 Å². The Morgan fingerprint density at radius 2 is 1.95 bits per heavy atom. The van der Waals surface area contributed by atoms with Gasteiger partial charge in [0.1, 0.15) is 5.56 Å². The molecule has 1 rings (SSSR count). The lowest BCUT2D eigenvalue weighted by Crippen LogP contribution is -2.34. The molecule has 0 aliphatic rings. The number of nitro benzene ring substituents is 1. The van der Waals surface area contributed by atoms with Gasteiger partial charge in [-0.1, -0.05) is 20.8 Å². The van der Waals surface area contributed by atoms with E-state index >= 15 is 0 Å². The van der Waals surface area contributed by atoms with E-state index in [1.54, 1.807) is 12.1 Å². The Morgan fingerprint density at radius 1 is 1.29 bits per heavy atom. The van der Waals surface area contributed by atoms with Gasteiger partial charge in [0.2, 0.25) is 0 Å². The molecule has 6 nitrogen and oxygen atoms in total. The van der Waals surface area contributed by atoms with E-state index in [0.29, 0.717) is 0 Å². The van der Waals surface area contributed by atoms with Gasteiger partial charge in [0.15, 0.2) is 0 Å². The number of nitrogens with one attached hydrogen (secondary N) is 2. The average molecular weight is 293 g/mol. The Bertz CT molecular complexity index is 499. The van der Waals surface area contributed by atoms with Gasteiger partial charge in [-0.15, -0.1) is 0 Å². The Hall–Kier alpha value is -2.11. The summed E-state index contributed by atoms with van der Waals surface area (Å²) in [6, 6.07) is 4.58. The van der Waals surface area contributed by atoms with Gasteiger partial charge in [0.05, 0.1) is 4.92 Å². The highest BCUT2D eigenvalue weighted by Gasteiger charge is 2.22.